The van der Waals surface area contributed by atoms with E-state index >= 15 is 0 Å². The second-order valence-corrected chi connectivity index (χ2v) is 2.88. The van der Waals surface area contributed by atoms with Gasteiger partial charge in [-0.1, -0.05) is 11.6 Å². The van der Waals surface area contributed by atoms with Gasteiger partial charge in [-0.05, 0) is 12.1 Å². The highest BCUT2D eigenvalue weighted by atomic mass is 35.5. The first kappa shape index (κ1) is 9.76. The largest absolute Gasteiger partial charge is 0.294 e. The Morgan fingerprint density at radius 1 is 1.69 bits per heavy atom. The predicted molar refractivity (Wildman–Crippen MR) is 51.6 cm³/mol. The van der Waals surface area contributed by atoms with Crippen molar-refractivity contribution in [2.24, 2.45) is 0 Å². The summed E-state index contributed by atoms with van der Waals surface area (Å²) in [6.07, 6.45) is 7.36. The molecule has 0 spiro atoms. The van der Waals surface area contributed by atoms with Gasteiger partial charge >= 0.3 is 0 Å². The molecule has 1 rings (SSSR count). The number of carbonyl (C=O) groups excluding carboxylic acids is 1. The van der Waals surface area contributed by atoms with Gasteiger partial charge in [-0.3, -0.25) is 4.79 Å². The number of pyridine rings is 1. The van der Waals surface area contributed by atoms with Gasteiger partial charge in [-0.2, -0.15) is 0 Å². The van der Waals surface area contributed by atoms with Crippen molar-refractivity contribution in [1.82, 2.24) is 4.98 Å². The van der Waals surface area contributed by atoms with Crippen LogP contribution in [0.4, 0.5) is 0 Å². The van der Waals surface area contributed by atoms with Crippen molar-refractivity contribution >= 4 is 17.4 Å². The fraction of sp³-hybridized carbons (Fsp3) is 0.200. The number of terminal acetylenes is 1. The maximum atomic E-state index is 11.4. The van der Waals surface area contributed by atoms with Crippen LogP contribution in [0, 0.1) is 12.3 Å². The Labute approximate surface area is 81.9 Å². The number of aromatic nitrogens is 1. The smallest absolute Gasteiger partial charge is 0.163 e. The molecule has 1 heterocycles. The molecule has 0 atom stereocenters. The number of hydrogen-bond donors (Lipinski definition) is 0. The summed E-state index contributed by atoms with van der Waals surface area (Å²) < 4.78 is 0. The molecule has 0 amide bonds. The molecule has 1 aromatic rings. The number of rotatable bonds is 3. The maximum absolute atomic E-state index is 11.4. The molecule has 0 aromatic carbocycles. The maximum Gasteiger partial charge on any atom is 0.163 e. The second kappa shape index (κ2) is 4.64. The molecule has 0 aliphatic rings. The van der Waals surface area contributed by atoms with Gasteiger partial charge in [0.2, 0.25) is 0 Å². The van der Waals surface area contributed by atoms with Crippen LogP contribution in [0.2, 0.25) is 5.15 Å². The Kier molecular flexibility index (Phi) is 3.48. The lowest BCUT2D eigenvalue weighted by Crippen LogP contribution is -1.98. The van der Waals surface area contributed by atoms with Crippen molar-refractivity contribution in [2.75, 3.05) is 0 Å². The Morgan fingerprint density at radius 2 is 2.46 bits per heavy atom. The zero-order valence-corrected chi connectivity index (χ0v) is 7.71. The zero-order valence-electron chi connectivity index (χ0n) is 6.96. The average molecular weight is 194 g/mol. The fourth-order valence-corrected chi connectivity index (χ4v) is 1.08. The van der Waals surface area contributed by atoms with Gasteiger partial charge in [-0.15, -0.1) is 12.3 Å². The third kappa shape index (κ3) is 2.89. The number of ketones is 1. The molecular weight excluding hydrogens is 186 g/mol. The molecule has 1 aromatic heterocycles. The van der Waals surface area contributed by atoms with Crippen LogP contribution < -0.4 is 0 Å². The number of hydrogen-bond acceptors (Lipinski definition) is 2. The minimum Gasteiger partial charge on any atom is -0.294 e. The van der Waals surface area contributed by atoms with Crippen molar-refractivity contribution in [3.63, 3.8) is 0 Å². The third-order valence-corrected chi connectivity index (χ3v) is 1.75. The van der Waals surface area contributed by atoms with Gasteiger partial charge in [0.15, 0.2) is 5.78 Å². The van der Waals surface area contributed by atoms with Crippen LogP contribution in [0.3, 0.4) is 0 Å². The first-order chi connectivity index (χ1) is 6.24. The first-order valence-electron chi connectivity index (χ1n) is 3.82. The lowest BCUT2D eigenvalue weighted by Gasteiger charge is -1.97. The van der Waals surface area contributed by atoms with E-state index in [2.05, 4.69) is 10.9 Å². The number of nitrogens with zero attached hydrogens (tertiary/aromatic N) is 1. The summed E-state index contributed by atoms with van der Waals surface area (Å²) in [5, 5.41) is 0.326. The van der Waals surface area contributed by atoms with Crippen LogP contribution >= 0.6 is 11.6 Å². The van der Waals surface area contributed by atoms with Crippen molar-refractivity contribution in [3.05, 3.63) is 29.0 Å². The van der Waals surface area contributed by atoms with Gasteiger partial charge in [-0.25, -0.2) is 4.98 Å². The van der Waals surface area contributed by atoms with Crippen LogP contribution in [0.1, 0.15) is 23.2 Å². The molecule has 66 valence electrons. The van der Waals surface area contributed by atoms with Crippen LogP contribution in [0.25, 0.3) is 0 Å². The molecule has 0 bridgehead atoms. The van der Waals surface area contributed by atoms with E-state index in [0.29, 0.717) is 23.6 Å². The van der Waals surface area contributed by atoms with Crippen LogP contribution in [-0.4, -0.2) is 10.8 Å². The van der Waals surface area contributed by atoms with E-state index in [1.165, 1.54) is 6.20 Å². The standard InChI is InChI=1S/C10H8ClNO/c1-2-3-4-9(13)8-5-6-12-10(11)7-8/h1,5-7H,3-4H2. The summed E-state index contributed by atoms with van der Waals surface area (Å²) in [5.74, 6) is 2.42. The van der Waals surface area contributed by atoms with Crippen LogP contribution in [-0.2, 0) is 0 Å². The Hall–Kier alpha value is -1.33. The van der Waals surface area contributed by atoms with E-state index in [9.17, 15) is 4.79 Å². The number of carbonyl (C=O) groups is 1. The average Bonchev–Trinajstić information content (AvgIpc) is 2.14. The van der Waals surface area contributed by atoms with E-state index in [0.717, 1.165) is 0 Å². The summed E-state index contributed by atoms with van der Waals surface area (Å²) >= 11 is 5.62. The quantitative estimate of drug-likeness (QED) is 0.419. The lowest BCUT2D eigenvalue weighted by atomic mass is 10.1. The highest BCUT2D eigenvalue weighted by molar-refractivity contribution is 6.29. The van der Waals surface area contributed by atoms with Gasteiger partial charge in [0.1, 0.15) is 5.15 Å². The SMILES string of the molecule is C#CCCC(=O)c1ccnc(Cl)c1. The molecular formula is C10H8ClNO. The topological polar surface area (TPSA) is 30.0 Å². The molecule has 0 unspecified atom stereocenters. The summed E-state index contributed by atoms with van der Waals surface area (Å²) in [7, 11) is 0. The summed E-state index contributed by atoms with van der Waals surface area (Å²) in [6.45, 7) is 0. The predicted octanol–water partition coefficient (Wildman–Crippen LogP) is 2.33. The van der Waals surface area contributed by atoms with E-state index in [4.69, 9.17) is 18.0 Å². The van der Waals surface area contributed by atoms with E-state index in [1.54, 1.807) is 12.1 Å². The van der Waals surface area contributed by atoms with Gasteiger partial charge in [0.05, 0.1) is 0 Å². The molecule has 0 saturated heterocycles. The van der Waals surface area contributed by atoms with Crippen LogP contribution in [0.5, 0.6) is 0 Å². The normalized spacial score (nSPS) is 9.23. The van der Waals surface area contributed by atoms with Gasteiger partial charge in [0, 0.05) is 24.6 Å². The minimum absolute atomic E-state index is 0.00208. The Bertz CT molecular complexity index is 354. The molecule has 13 heavy (non-hydrogen) atoms. The molecule has 0 saturated carbocycles. The second-order valence-electron chi connectivity index (χ2n) is 2.49. The summed E-state index contributed by atoms with van der Waals surface area (Å²) in [5.41, 5.74) is 0.565. The monoisotopic (exact) mass is 193 g/mol. The summed E-state index contributed by atoms with van der Waals surface area (Å²) in [4.78, 5) is 15.1. The van der Waals surface area contributed by atoms with E-state index in [-0.39, 0.29) is 5.78 Å². The number of Topliss-reactive ketones (excluding diaryl/α,β-unsaturated/α-hetero) is 1. The van der Waals surface area contributed by atoms with Crippen molar-refractivity contribution in [1.29, 1.82) is 0 Å². The zero-order chi connectivity index (χ0) is 9.68. The molecule has 0 fully saturated rings. The van der Waals surface area contributed by atoms with Crippen LogP contribution in [0.15, 0.2) is 18.3 Å². The fourth-order valence-electron chi connectivity index (χ4n) is 0.906. The van der Waals surface area contributed by atoms with E-state index < -0.39 is 0 Å². The number of halogens is 1. The minimum atomic E-state index is 0.00208. The molecule has 2 nitrogen and oxygen atoms in total. The lowest BCUT2D eigenvalue weighted by molar-refractivity contribution is 0.0984. The van der Waals surface area contributed by atoms with E-state index in [1.807, 2.05) is 0 Å². The van der Waals surface area contributed by atoms with Crippen molar-refractivity contribution in [2.45, 2.75) is 12.8 Å². The highest BCUT2D eigenvalue weighted by Crippen LogP contribution is 2.09. The molecule has 0 N–H and O–H groups in total. The molecule has 0 radical (unpaired) electrons. The molecule has 0 aliphatic carbocycles. The Balaban J connectivity index is 2.72. The third-order valence-electron chi connectivity index (χ3n) is 1.54. The summed E-state index contributed by atoms with van der Waals surface area (Å²) in [6, 6.07) is 3.17. The van der Waals surface area contributed by atoms with Gasteiger partial charge < -0.3 is 0 Å². The van der Waals surface area contributed by atoms with Crippen molar-refractivity contribution < 1.29 is 4.79 Å². The highest BCUT2D eigenvalue weighted by Gasteiger charge is 2.04. The first-order valence-corrected chi connectivity index (χ1v) is 4.20. The molecule has 3 heteroatoms. The van der Waals surface area contributed by atoms with Gasteiger partial charge in [0.25, 0.3) is 0 Å². The molecule has 0 aliphatic heterocycles. The van der Waals surface area contributed by atoms with Crippen molar-refractivity contribution in [3.8, 4) is 12.3 Å². The Morgan fingerprint density at radius 3 is 3.08 bits per heavy atom.